The maximum Gasteiger partial charge on any atom is 0.273 e. The van der Waals surface area contributed by atoms with Crippen molar-refractivity contribution >= 4 is 17.7 Å². The third kappa shape index (κ3) is 4.61. The normalized spacial score (nSPS) is 12.5. The SMILES string of the molecule is Cc1cc(C(=O)NNC(=O)C(C)NC(=O)C(C)(C)C)c(C)o1. The van der Waals surface area contributed by atoms with Crippen LogP contribution in [-0.2, 0) is 9.59 Å². The fourth-order valence-corrected chi connectivity index (χ4v) is 1.63. The summed E-state index contributed by atoms with van der Waals surface area (Å²) in [6.45, 7) is 10.2. The molecule has 7 heteroatoms. The minimum absolute atomic E-state index is 0.247. The van der Waals surface area contributed by atoms with Crippen LogP contribution in [0.15, 0.2) is 10.5 Å². The summed E-state index contributed by atoms with van der Waals surface area (Å²) >= 11 is 0. The number of hydrogen-bond acceptors (Lipinski definition) is 4. The molecule has 1 rings (SSSR count). The van der Waals surface area contributed by atoms with Crippen LogP contribution in [-0.4, -0.2) is 23.8 Å². The molecule has 0 fully saturated rings. The first kappa shape index (κ1) is 17.7. The zero-order valence-electron chi connectivity index (χ0n) is 13.8. The summed E-state index contributed by atoms with van der Waals surface area (Å²) in [5.41, 5.74) is 4.33. The van der Waals surface area contributed by atoms with Crippen molar-refractivity contribution < 1.29 is 18.8 Å². The molecule has 7 nitrogen and oxygen atoms in total. The molecule has 0 bridgehead atoms. The van der Waals surface area contributed by atoms with Crippen molar-refractivity contribution in [3.63, 3.8) is 0 Å². The molecule has 3 N–H and O–H groups in total. The highest BCUT2D eigenvalue weighted by Crippen LogP contribution is 2.13. The lowest BCUT2D eigenvalue weighted by molar-refractivity contribution is -0.133. The predicted octanol–water partition coefficient (Wildman–Crippen LogP) is 1.21. The molecule has 3 amide bonds. The molecule has 1 aromatic rings. The second-order valence-corrected chi connectivity index (χ2v) is 6.22. The Morgan fingerprint density at radius 3 is 2.18 bits per heavy atom. The van der Waals surface area contributed by atoms with Crippen LogP contribution < -0.4 is 16.2 Å². The maximum atomic E-state index is 11.9. The molecule has 1 aromatic heterocycles. The lowest BCUT2D eigenvalue weighted by Crippen LogP contribution is -2.52. The number of carbonyl (C=O) groups excluding carboxylic acids is 3. The van der Waals surface area contributed by atoms with Crippen LogP contribution in [0.25, 0.3) is 0 Å². The van der Waals surface area contributed by atoms with Crippen molar-refractivity contribution in [3.05, 3.63) is 23.2 Å². The molecule has 0 saturated carbocycles. The number of nitrogens with one attached hydrogen (secondary N) is 3. The van der Waals surface area contributed by atoms with Gasteiger partial charge >= 0.3 is 0 Å². The van der Waals surface area contributed by atoms with Crippen molar-refractivity contribution in [1.82, 2.24) is 16.2 Å². The molecular formula is C15H23N3O4. The van der Waals surface area contributed by atoms with E-state index in [1.165, 1.54) is 0 Å². The molecule has 0 aliphatic heterocycles. The summed E-state index contributed by atoms with van der Waals surface area (Å²) in [4.78, 5) is 35.6. The average Bonchev–Trinajstić information content (AvgIpc) is 2.73. The van der Waals surface area contributed by atoms with Crippen molar-refractivity contribution in [2.75, 3.05) is 0 Å². The van der Waals surface area contributed by atoms with Gasteiger partial charge in [-0.2, -0.15) is 0 Å². The highest BCUT2D eigenvalue weighted by atomic mass is 16.3. The van der Waals surface area contributed by atoms with E-state index < -0.39 is 23.3 Å². The molecular weight excluding hydrogens is 286 g/mol. The highest BCUT2D eigenvalue weighted by Gasteiger charge is 2.25. The van der Waals surface area contributed by atoms with E-state index in [9.17, 15) is 14.4 Å². The molecule has 0 aliphatic rings. The Kier molecular flexibility index (Phi) is 5.35. The van der Waals surface area contributed by atoms with Gasteiger partial charge in [0, 0.05) is 5.41 Å². The summed E-state index contributed by atoms with van der Waals surface area (Å²) in [5, 5.41) is 2.58. The van der Waals surface area contributed by atoms with Gasteiger partial charge in [0.1, 0.15) is 17.6 Å². The summed E-state index contributed by atoms with van der Waals surface area (Å²) in [6, 6.07) is 0.820. The van der Waals surface area contributed by atoms with Gasteiger partial charge in [0.25, 0.3) is 11.8 Å². The molecule has 0 spiro atoms. The zero-order valence-corrected chi connectivity index (χ0v) is 13.8. The van der Waals surface area contributed by atoms with Crippen LogP contribution in [0.2, 0.25) is 0 Å². The smallest absolute Gasteiger partial charge is 0.273 e. The molecule has 0 aliphatic carbocycles. The van der Waals surface area contributed by atoms with Crippen molar-refractivity contribution in [3.8, 4) is 0 Å². The van der Waals surface area contributed by atoms with Crippen molar-refractivity contribution in [1.29, 1.82) is 0 Å². The number of furan rings is 1. The third-order valence-electron chi connectivity index (χ3n) is 3.01. The fourth-order valence-electron chi connectivity index (χ4n) is 1.63. The van der Waals surface area contributed by atoms with Gasteiger partial charge in [0.05, 0.1) is 5.56 Å². The van der Waals surface area contributed by atoms with E-state index >= 15 is 0 Å². The van der Waals surface area contributed by atoms with Gasteiger partial charge in [0.15, 0.2) is 0 Å². The largest absolute Gasteiger partial charge is 0.466 e. The first-order valence-electron chi connectivity index (χ1n) is 7.00. The number of aryl methyl sites for hydroxylation is 2. The lowest BCUT2D eigenvalue weighted by atomic mass is 9.95. The van der Waals surface area contributed by atoms with Gasteiger partial charge in [-0.05, 0) is 26.8 Å². The van der Waals surface area contributed by atoms with E-state index in [1.807, 2.05) is 0 Å². The molecule has 22 heavy (non-hydrogen) atoms. The van der Waals surface area contributed by atoms with Crippen molar-refractivity contribution in [2.45, 2.75) is 47.6 Å². The third-order valence-corrected chi connectivity index (χ3v) is 3.01. The second-order valence-electron chi connectivity index (χ2n) is 6.22. The van der Waals surface area contributed by atoms with Crippen LogP contribution in [0.3, 0.4) is 0 Å². The Morgan fingerprint density at radius 1 is 1.14 bits per heavy atom. The van der Waals surface area contributed by atoms with Crippen LogP contribution >= 0.6 is 0 Å². The van der Waals surface area contributed by atoms with Gasteiger partial charge in [-0.15, -0.1) is 0 Å². The molecule has 0 saturated heterocycles. The minimum Gasteiger partial charge on any atom is -0.466 e. The number of hydrogen-bond donors (Lipinski definition) is 3. The Bertz CT molecular complexity index is 584. The van der Waals surface area contributed by atoms with Gasteiger partial charge in [-0.3, -0.25) is 25.2 Å². The topological polar surface area (TPSA) is 100 Å². The molecule has 0 radical (unpaired) electrons. The van der Waals surface area contributed by atoms with Gasteiger partial charge in [0.2, 0.25) is 5.91 Å². The molecule has 1 atom stereocenters. The Balaban J connectivity index is 2.54. The Labute approximate surface area is 129 Å². The van der Waals surface area contributed by atoms with Gasteiger partial charge in [-0.25, -0.2) is 0 Å². The predicted molar refractivity (Wildman–Crippen MR) is 80.9 cm³/mol. The Morgan fingerprint density at radius 2 is 1.73 bits per heavy atom. The van der Waals surface area contributed by atoms with Crippen LogP contribution in [0.1, 0.15) is 49.6 Å². The van der Waals surface area contributed by atoms with Crippen LogP contribution in [0.5, 0.6) is 0 Å². The lowest BCUT2D eigenvalue weighted by Gasteiger charge is -2.21. The highest BCUT2D eigenvalue weighted by molar-refractivity contribution is 5.97. The van der Waals surface area contributed by atoms with E-state index in [0.29, 0.717) is 17.1 Å². The number of rotatable bonds is 3. The fraction of sp³-hybridized carbons (Fsp3) is 0.533. The molecule has 122 valence electrons. The summed E-state index contributed by atoms with van der Waals surface area (Å²) in [5.74, 6) is -0.151. The maximum absolute atomic E-state index is 11.9. The Hall–Kier alpha value is -2.31. The quantitative estimate of drug-likeness (QED) is 0.731. The molecule has 1 heterocycles. The summed E-state index contributed by atoms with van der Waals surface area (Å²) < 4.78 is 5.25. The summed E-state index contributed by atoms with van der Waals surface area (Å²) in [7, 11) is 0. The van der Waals surface area contributed by atoms with E-state index in [1.54, 1.807) is 47.6 Å². The standard InChI is InChI=1S/C15H23N3O4/c1-8-7-11(10(3)22-8)13(20)18-17-12(19)9(2)16-14(21)15(4,5)6/h7,9H,1-6H3,(H,16,21)(H,17,19)(H,18,20). The van der Waals surface area contributed by atoms with E-state index in [4.69, 9.17) is 4.42 Å². The molecule has 1 unspecified atom stereocenters. The first-order chi connectivity index (χ1) is 10.0. The van der Waals surface area contributed by atoms with Crippen molar-refractivity contribution in [2.24, 2.45) is 5.41 Å². The van der Waals surface area contributed by atoms with E-state index in [0.717, 1.165) is 0 Å². The monoisotopic (exact) mass is 309 g/mol. The zero-order chi connectivity index (χ0) is 17.1. The van der Waals surface area contributed by atoms with Crippen LogP contribution in [0, 0.1) is 19.3 Å². The first-order valence-corrected chi connectivity index (χ1v) is 7.00. The van der Waals surface area contributed by atoms with E-state index in [-0.39, 0.29) is 5.91 Å². The number of amides is 3. The van der Waals surface area contributed by atoms with Crippen LogP contribution in [0.4, 0.5) is 0 Å². The number of carbonyl (C=O) groups is 3. The number of hydrazine groups is 1. The molecule has 0 aromatic carbocycles. The summed E-state index contributed by atoms with van der Waals surface area (Å²) in [6.07, 6.45) is 0. The van der Waals surface area contributed by atoms with Gasteiger partial charge in [-0.1, -0.05) is 20.8 Å². The average molecular weight is 309 g/mol. The second kappa shape index (κ2) is 6.64. The minimum atomic E-state index is -0.765. The van der Waals surface area contributed by atoms with E-state index in [2.05, 4.69) is 16.2 Å². The van der Waals surface area contributed by atoms with Gasteiger partial charge < -0.3 is 9.73 Å².